The maximum absolute atomic E-state index is 12.2. The lowest BCUT2D eigenvalue weighted by Crippen LogP contribution is -2.44. The number of likely N-dealkylation sites (tertiary alicyclic amines) is 1. The van der Waals surface area contributed by atoms with Gasteiger partial charge in [-0.1, -0.05) is 0 Å². The molecule has 1 aliphatic rings. The molecule has 0 N–H and O–H groups in total. The van der Waals surface area contributed by atoms with Crippen molar-refractivity contribution in [2.45, 2.75) is 32.2 Å². The van der Waals surface area contributed by atoms with Gasteiger partial charge in [0.1, 0.15) is 0 Å². The zero-order chi connectivity index (χ0) is 15.2. The molecular weight excluding hydrogens is 268 g/mol. The van der Waals surface area contributed by atoms with Crippen LogP contribution in [0.3, 0.4) is 0 Å². The number of nitriles is 1. The van der Waals surface area contributed by atoms with Crippen molar-refractivity contribution in [2.24, 2.45) is 0 Å². The molecular formula is C16H20N2O3. The van der Waals surface area contributed by atoms with Crippen LogP contribution in [0.1, 0.15) is 31.7 Å². The molecule has 21 heavy (non-hydrogen) atoms. The molecule has 1 heterocycles. The summed E-state index contributed by atoms with van der Waals surface area (Å²) in [5.74, 6) is 0.941. The molecule has 0 radical (unpaired) electrons. The van der Waals surface area contributed by atoms with Gasteiger partial charge in [-0.05, 0) is 38.3 Å². The second-order valence-electron chi connectivity index (χ2n) is 5.20. The smallest absolute Gasteiger partial charge is 0.260 e. The molecule has 0 aromatic heterocycles. The highest BCUT2D eigenvalue weighted by atomic mass is 16.5. The monoisotopic (exact) mass is 288 g/mol. The van der Waals surface area contributed by atoms with E-state index in [-0.39, 0.29) is 18.6 Å². The first-order valence-electron chi connectivity index (χ1n) is 7.16. The topological polar surface area (TPSA) is 62.6 Å². The quantitative estimate of drug-likeness (QED) is 0.853. The Morgan fingerprint density at radius 3 is 2.90 bits per heavy atom. The van der Waals surface area contributed by atoms with E-state index in [2.05, 4.69) is 6.92 Å². The molecule has 5 nitrogen and oxygen atoms in total. The number of hydrogen-bond donors (Lipinski definition) is 0. The molecule has 0 spiro atoms. The van der Waals surface area contributed by atoms with Gasteiger partial charge in [-0.15, -0.1) is 0 Å². The van der Waals surface area contributed by atoms with Crippen molar-refractivity contribution in [2.75, 3.05) is 20.3 Å². The Balaban J connectivity index is 1.99. The molecule has 2 rings (SSSR count). The first kappa shape index (κ1) is 15.2. The van der Waals surface area contributed by atoms with Crippen LogP contribution in [-0.2, 0) is 4.79 Å². The van der Waals surface area contributed by atoms with Crippen LogP contribution >= 0.6 is 0 Å². The van der Waals surface area contributed by atoms with E-state index in [1.54, 1.807) is 18.2 Å². The summed E-state index contributed by atoms with van der Waals surface area (Å²) in [7, 11) is 1.51. The summed E-state index contributed by atoms with van der Waals surface area (Å²) in [6.45, 7) is 2.86. The third-order valence-corrected chi connectivity index (χ3v) is 3.77. The minimum Gasteiger partial charge on any atom is -0.493 e. The molecule has 1 aliphatic heterocycles. The average Bonchev–Trinajstić information content (AvgIpc) is 2.52. The maximum Gasteiger partial charge on any atom is 0.260 e. The highest BCUT2D eigenvalue weighted by molar-refractivity contribution is 5.78. The Bertz CT molecular complexity index is 551. The number of ether oxygens (including phenoxy) is 2. The number of nitrogens with zero attached hydrogens (tertiary/aromatic N) is 2. The Hall–Kier alpha value is -2.22. The number of rotatable bonds is 4. The molecule has 5 heteroatoms. The zero-order valence-corrected chi connectivity index (χ0v) is 12.5. The lowest BCUT2D eigenvalue weighted by molar-refractivity contribution is -0.136. The lowest BCUT2D eigenvalue weighted by Gasteiger charge is -2.33. The number of piperidine rings is 1. The van der Waals surface area contributed by atoms with Crippen LogP contribution < -0.4 is 9.47 Å². The van der Waals surface area contributed by atoms with Gasteiger partial charge in [0.05, 0.1) is 18.7 Å². The lowest BCUT2D eigenvalue weighted by atomic mass is 10.0. The minimum atomic E-state index is -0.00734. The molecule has 1 saturated heterocycles. The van der Waals surface area contributed by atoms with Crippen LogP contribution in [0.2, 0.25) is 0 Å². The van der Waals surface area contributed by atoms with Gasteiger partial charge in [-0.3, -0.25) is 4.79 Å². The minimum absolute atomic E-state index is 0.00591. The van der Waals surface area contributed by atoms with Crippen molar-refractivity contribution < 1.29 is 14.3 Å². The molecule has 1 fully saturated rings. The standard InChI is InChI=1S/C16H20N2O3/c1-12-5-3-4-8-18(12)16(19)11-21-14-7-6-13(10-17)9-15(14)20-2/h6-7,9,12H,3-5,8,11H2,1-2H3/t12-/m1/s1. The van der Waals surface area contributed by atoms with E-state index in [0.29, 0.717) is 17.1 Å². The SMILES string of the molecule is COc1cc(C#N)ccc1OCC(=O)N1CCCC[C@H]1C. The van der Waals surface area contributed by atoms with E-state index in [9.17, 15) is 4.79 Å². The Morgan fingerprint density at radius 2 is 2.24 bits per heavy atom. The molecule has 0 saturated carbocycles. The fourth-order valence-corrected chi connectivity index (χ4v) is 2.55. The summed E-state index contributed by atoms with van der Waals surface area (Å²) in [6, 6.07) is 7.22. The van der Waals surface area contributed by atoms with Crippen LogP contribution in [-0.4, -0.2) is 37.1 Å². The van der Waals surface area contributed by atoms with Crippen LogP contribution in [0.15, 0.2) is 18.2 Å². The van der Waals surface area contributed by atoms with E-state index in [1.165, 1.54) is 13.5 Å². The van der Waals surface area contributed by atoms with E-state index in [0.717, 1.165) is 19.4 Å². The van der Waals surface area contributed by atoms with Crippen molar-refractivity contribution in [3.05, 3.63) is 23.8 Å². The maximum atomic E-state index is 12.2. The highest BCUT2D eigenvalue weighted by Gasteiger charge is 2.23. The van der Waals surface area contributed by atoms with Crippen molar-refractivity contribution in [1.82, 2.24) is 4.90 Å². The molecule has 0 aliphatic carbocycles. The number of carbonyl (C=O) groups is 1. The van der Waals surface area contributed by atoms with Gasteiger partial charge in [-0.25, -0.2) is 0 Å². The number of carbonyl (C=O) groups excluding carboxylic acids is 1. The van der Waals surface area contributed by atoms with E-state index >= 15 is 0 Å². The largest absolute Gasteiger partial charge is 0.493 e. The first-order chi connectivity index (χ1) is 10.2. The second kappa shape index (κ2) is 6.98. The summed E-state index contributed by atoms with van der Waals surface area (Å²) >= 11 is 0. The Morgan fingerprint density at radius 1 is 1.43 bits per heavy atom. The summed E-state index contributed by atoms with van der Waals surface area (Å²) in [4.78, 5) is 14.1. The third kappa shape index (κ3) is 3.66. The number of hydrogen-bond acceptors (Lipinski definition) is 4. The number of benzene rings is 1. The molecule has 1 aromatic rings. The van der Waals surface area contributed by atoms with Gasteiger partial charge < -0.3 is 14.4 Å². The van der Waals surface area contributed by atoms with Crippen molar-refractivity contribution in [3.63, 3.8) is 0 Å². The summed E-state index contributed by atoms with van der Waals surface area (Å²) < 4.78 is 10.8. The number of amides is 1. The van der Waals surface area contributed by atoms with Crippen LogP contribution in [0.25, 0.3) is 0 Å². The van der Waals surface area contributed by atoms with Crippen LogP contribution in [0.5, 0.6) is 11.5 Å². The zero-order valence-electron chi connectivity index (χ0n) is 12.5. The van der Waals surface area contributed by atoms with Gasteiger partial charge in [0.25, 0.3) is 5.91 Å². The highest BCUT2D eigenvalue weighted by Crippen LogP contribution is 2.28. The number of methoxy groups -OCH3 is 1. The Labute approximate surface area is 125 Å². The summed E-state index contributed by atoms with van der Waals surface area (Å²) in [6.07, 6.45) is 3.28. The second-order valence-corrected chi connectivity index (χ2v) is 5.20. The summed E-state index contributed by atoms with van der Waals surface area (Å²) in [5, 5.41) is 8.86. The van der Waals surface area contributed by atoms with Gasteiger partial charge in [0.2, 0.25) is 0 Å². The fraction of sp³-hybridized carbons (Fsp3) is 0.500. The fourth-order valence-electron chi connectivity index (χ4n) is 2.55. The molecule has 0 unspecified atom stereocenters. The van der Waals surface area contributed by atoms with Crippen molar-refractivity contribution in [1.29, 1.82) is 5.26 Å². The molecule has 1 atom stereocenters. The normalized spacial score (nSPS) is 18.0. The van der Waals surface area contributed by atoms with Gasteiger partial charge >= 0.3 is 0 Å². The van der Waals surface area contributed by atoms with E-state index < -0.39 is 0 Å². The van der Waals surface area contributed by atoms with E-state index in [4.69, 9.17) is 14.7 Å². The van der Waals surface area contributed by atoms with E-state index in [1.807, 2.05) is 11.0 Å². The first-order valence-corrected chi connectivity index (χ1v) is 7.16. The third-order valence-electron chi connectivity index (χ3n) is 3.77. The van der Waals surface area contributed by atoms with Crippen molar-refractivity contribution in [3.8, 4) is 17.6 Å². The predicted octanol–water partition coefficient (Wildman–Crippen LogP) is 2.35. The van der Waals surface area contributed by atoms with Gasteiger partial charge in [0.15, 0.2) is 18.1 Å². The molecule has 112 valence electrons. The van der Waals surface area contributed by atoms with Crippen LogP contribution in [0, 0.1) is 11.3 Å². The Kier molecular flexibility index (Phi) is 5.04. The van der Waals surface area contributed by atoms with Gasteiger partial charge in [-0.2, -0.15) is 5.26 Å². The molecule has 1 amide bonds. The predicted molar refractivity (Wildman–Crippen MR) is 78.2 cm³/mol. The van der Waals surface area contributed by atoms with Crippen molar-refractivity contribution >= 4 is 5.91 Å². The molecule has 1 aromatic carbocycles. The van der Waals surface area contributed by atoms with Crippen LogP contribution in [0.4, 0.5) is 0 Å². The van der Waals surface area contributed by atoms with Gasteiger partial charge in [0, 0.05) is 18.7 Å². The summed E-state index contributed by atoms with van der Waals surface area (Å²) in [5.41, 5.74) is 0.496. The molecule has 0 bridgehead atoms. The average molecular weight is 288 g/mol.